The summed E-state index contributed by atoms with van der Waals surface area (Å²) in [6, 6.07) is 9.97. The fourth-order valence-electron chi connectivity index (χ4n) is 1.09. The van der Waals surface area contributed by atoms with E-state index in [1.165, 1.54) is 12.1 Å². The van der Waals surface area contributed by atoms with Gasteiger partial charge < -0.3 is 0 Å². The standard InChI is InChI=1S/C11H8BrFN2S/c12-11-6-5-10(16-11)7-14-15-9-3-1-8(13)2-4-9/h1-7,15H/b14-7-. The average molecular weight is 299 g/mol. The van der Waals surface area contributed by atoms with Gasteiger partial charge in [0, 0.05) is 4.88 Å². The molecule has 2 rings (SSSR count). The number of hydrogen-bond acceptors (Lipinski definition) is 3. The minimum Gasteiger partial charge on any atom is -0.278 e. The Hall–Kier alpha value is -1.20. The molecule has 0 fully saturated rings. The summed E-state index contributed by atoms with van der Waals surface area (Å²) < 4.78 is 13.7. The van der Waals surface area contributed by atoms with Crippen molar-refractivity contribution in [3.63, 3.8) is 0 Å². The van der Waals surface area contributed by atoms with Gasteiger partial charge in [0.15, 0.2) is 0 Å². The molecule has 0 bridgehead atoms. The van der Waals surface area contributed by atoms with E-state index >= 15 is 0 Å². The zero-order chi connectivity index (χ0) is 11.4. The van der Waals surface area contributed by atoms with Crippen LogP contribution >= 0.6 is 27.3 Å². The molecule has 0 radical (unpaired) electrons. The van der Waals surface area contributed by atoms with Crippen LogP contribution < -0.4 is 5.43 Å². The molecule has 0 saturated heterocycles. The first-order chi connectivity index (χ1) is 7.74. The molecule has 1 aromatic heterocycles. The number of hydrogen-bond donors (Lipinski definition) is 1. The summed E-state index contributed by atoms with van der Waals surface area (Å²) in [7, 11) is 0. The molecule has 0 aliphatic heterocycles. The van der Waals surface area contributed by atoms with Crippen LogP contribution in [0.15, 0.2) is 45.3 Å². The molecular weight excluding hydrogens is 291 g/mol. The smallest absolute Gasteiger partial charge is 0.123 e. The predicted octanol–water partition coefficient (Wildman–Crippen LogP) is 4.10. The van der Waals surface area contributed by atoms with Crippen molar-refractivity contribution in [3.05, 3.63) is 50.9 Å². The summed E-state index contributed by atoms with van der Waals surface area (Å²) in [6.07, 6.45) is 1.72. The highest BCUT2D eigenvalue weighted by molar-refractivity contribution is 9.11. The maximum atomic E-state index is 12.6. The summed E-state index contributed by atoms with van der Waals surface area (Å²) in [5.74, 6) is -0.253. The molecule has 2 nitrogen and oxygen atoms in total. The Morgan fingerprint density at radius 2 is 1.94 bits per heavy atom. The molecule has 0 spiro atoms. The van der Waals surface area contributed by atoms with Gasteiger partial charge in [0.1, 0.15) is 5.82 Å². The molecule has 1 heterocycles. The number of anilines is 1. The molecule has 0 amide bonds. The Morgan fingerprint density at radius 1 is 1.19 bits per heavy atom. The minimum atomic E-state index is -0.253. The zero-order valence-electron chi connectivity index (χ0n) is 8.15. The van der Waals surface area contributed by atoms with Gasteiger partial charge in [-0.1, -0.05) is 0 Å². The van der Waals surface area contributed by atoms with Crippen LogP contribution in [0, 0.1) is 5.82 Å². The summed E-state index contributed by atoms with van der Waals surface area (Å²) in [5, 5.41) is 4.05. The van der Waals surface area contributed by atoms with E-state index in [-0.39, 0.29) is 5.82 Å². The maximum Gasteiger partial charge on any atom is 0.123 e. The van der Waals surface area contributed by atoms with Crippen molar-refractivity contribution in [1.82, 2.24) is 0 Å². The molecule has 0 unspecified atom stereocenters. The van der Waals surface area contributed by atoms with E-state index in [2.05, 4.69) is 26.5 Å². The Balaban J connectivity index is 1.97. The van der Waals surface area contributed by atoms with Crippen LogP contribution in [-0.4, -0.2) is 6.21 Å². The van der Waals surface area contributed by atoms with Crippen molar-refractivity contribution >= 4 is 39.2 Å². The second kappa shape index (κ2) is 5.23. The molecular formula is C11H8BrFN2S. The minimum absolute atomic E-state index is 0.253. The van der Waals surface area contributed by atoms with Gasteiger partial charge in [0.05, 0.1) is 15.7 Å². The average Bonchev–Trinajstić information content (AvgIpc) is 2.67. The quantitative estimate of drug-likeness (QED) is 0.670. The van der Waals surface area contributed by atoms with E-state index in [4.69, 9.17) is 0 Å². The fraction of sp³-hybridized carbons (Fsp3) is 0. The van der Waals surface area contributed by atoms with Crippen LogP contribution in [-0.2, 0) is 0 Å². The SMILES string of the molecule is Fc1ccc(N/N=C\c2ccc(Br)s2)cc1. The van der Waals surface area contributed by atoms with Crippen molar-refractivity contribution < 1.29 is 4.39 Å². The molecule has 1 aromatic carbocycles. The number of hydrazone groups is 1. The molecule has 1 N–H and O–H groups in total. The van der Waals surface area contributed by atoms with Gasteiger partial charge in [0.2, 0.25) is 0 Å². The van der Waals surface area contributed by atoms with E-state index in [9.17, 15) is 4.39 Å². The number of benzene rings is 1. The summed E-state index contributed by atoms with van der Waals surface area (Å²) in [4.78, 5) is 1.04. The van der Waals surface area contributed by atoms with E-state index in [1.807, 2.05) is 12.1 Å². The van der Waals surface area contributed by atoms with Crippen LogP contribution in [0.1, 0.15) is 4.88 Å². The summed E-state index contributed by atoms with van der Waals surface area (Å²) >= 11 is 4.96. The van der Waals surface area contributed by atoms with Gasteiger partial charge in [-0.05, 0) is 52.3 Å². The Kier molecular flexibility index (Phi) is 3.69. The van der Waals surface area contributed by atoms with Gasteiger partial charge in [-0.15, -0.1) is 11.3 Å². The van der Waals surface area contributed by atoms with E-state index in [1.54, 1.807) is 29.7 Å². The molecule has 0 aliphatic rings. The Labute approximate surface area is 105 Å². The lowest BCUT2D eigenvalue weighted by Gasteiger charge is -1.98. The molecule has 0 saturated carbocycles. The lowest BCUT2D eigenvalue weighted by molar-refractivity contribution is 0.628. The third-order valence-electron chi connectivity index (χ3n) is 1.82. The lowest BCUT2D eigenvalue weighted by Crippen LogP contribution is -1.89. The van der Waals surface area contributed by atoms with E-state index in [0.29, 0.717) is 0 Å². The predicted molar refractivity (Wildman–Crippen MR) is 69.6 cm³/mol. The first-order valence-electron chi connectivity index (χ1n) is 4.54. The second-order valence-electron chi connectivity index (χ2n) is 3.02. The molecule has 0 aliphatic carbocycles. The molecule has 0 atom stereocenters. The number of thiophene rings is 1. The van der Waals surface area contributed by atoms with Crippen LogP contribution in [0.4, 0.5) is 10.1 Å². The highest BCUT2D eigenvalue weighted by Gasteiger charge is 1.93. The van der Waals surface area contributed by atoms with Crippen LogP contribution in [0.25, 0.3) is 0 Å². The fourth-order valence-corrected chi connectivity index (χ4v) is 2.39. The van der Waals surface area contributed by atoms with Crippen LogP contribution in [0.3, 0.4) is 0 Å². The number of nitrogens with zero attached hydrogens (tertiary/aromatic N) is 1. The van der Waals surface area contributed by atoms with Gasteiger partial charge in [-0.25, -0.2) is 4.39 Å². The summed E-state index contributed by atoms with van der Waals surface area (Å²) in [6.45, 7) is 0. The van der Waals surface area contributed by atoms with Crippen molar-refractivity contribution in [2.45, 2.75) is 0 Å². The molecule has 2 aromatic rings. The zero-order valence-corrected chi connectivity index (χ0v) is 10.6. The lowest BCUT2D eigenvalue weighted by atomic mass is 10.3. The van der Waals surface area contributed by atoms with E-state index < -0.39 is 0 Å². The number of halogens is 2. The van der Waals surface area contributed by atoms with Gasteiger partial charge >= 0.3 is 0 Å². The van der Waals surface area contributed by atoms with Crippen LogP contribution in [0.5, 0.6) is 0 Å². The van der Waals surface area contributed by atoms with Crippen LogP contribution in [0.2, 0.25) is 0 Å². The van der Waals surface area contributed by atoms with Gasteiger partial charge in [-0.3, -0.25) is 5.43 Å². The van der Waals surface area contributed by atoms with Crippen molar-refractivity contribution in [3.8, 4) is 0 Å². The number of rotatable bonds is 3. The highest BCUT2D eigenvalue weighted by Crippen LogP contribution is 2.20. The van der Waals surface area contributed by atoms with Crippen molar-refractivity contribution in [1.29, 1.82) is 0 Å². The largest absolute Gasteiger partial charge is 0.278 e. The molecule has 82 valence electrons. The van der Waals surface area contributed by atoms with Crippen molar-refractivity contribution in [2.24, 2.45) is 5.10 Å². The maximum absolute atomic E-state index is 12.6. The van der Waals surface area contributed by atoms with Crippen molar-refractivity contribution in [2.75, 3.05) is 5.43 Å². The Morgan fingerprint density at radius 3 is 2.56 bits per heavy atom. The third kappa shape index (κ3) is 3.15. The molecule has 16 heavy (non-hydrogen) atoms. The van der Waals surface area contributed by atoms with Gasteiger partial charge in [-0.2, -0.15) is 5.10 Å². The highest BCUT2D eigenvalue weighted by atomic mass is 79.9. The second-order valence-corrected chi connectivity index (χ2v) is 5.51. The monoisotopic (exact) mass is 298 g/mol. The normalized spacial score (nSPS) is 10.9. The van der Waals surface area contributed by atoms with Gasteiger partial charge in [0.25, 0.3) is 0 Å². The Bertz CT molecular complexity index is 493. The molecule has 5 heteroatoms. The third-order valence-corrected chi connectivity index (χ3v) is 3.38. The summed E-state index contributed by atoms with van der Waals surface area (Å²) in [5.41, 5.74) is 3.58. The topological polar surface area (TPSA) is 24.4 Å². The first kappa shape index (κ1) is 11.3. The number of nitrogens with one attached hydrogen (secondary N) is 1. The van der Waals surface area contributed by atoms with E-state index in [0.717, 1.165) is 14.4 Å². The first-order valence-corrected chi connectivity index (χ1v) is 6.15.